The molecule has 2 aromatic rings. The van der Waals surface area contributed by atoms with E-state index < -0.39 is 0 Å². The molecule has 2 aromatic carbocycles. The molecule has 1 unspecified atom stereocenters. The minimum Gasteiger partial charge on any atom is -0.489 e. The first-order chi connectivity index (χ1) is 10.2. The zero-order valence-corrected chi connectivity index (χ0v) is 11.6. The van der Waals surface area contributed by atoms with Gasteiger partial charge in [-0.1, -0.05) is 49.0 Å². The number of hydrogen-bond acceptors (Lipinski definition) is 3. The van der Waals surface area contributed by atoms with Crippen molar-refractivity contribution in [2.24, 2.45) is 0 Å². The zero-order valence-electron chi connectivity index (χ0n) is 11.6. The first kappa shape index (κ1) is 13.4. The molecule has 1 aliphatic rings. The van der Waals surface area contributed by atoms with Crippen molar-refractivity contribution >= 4 is 5.97 Å². The minimum absolute atomic E-state index is 0.215. The van der Waals surface area contributed by atoms with Gasteiger partial charge in [0.1, 0.15) is 18.5 Å². The van der Waals surface area contributed by atoms with E-state index in [1.54, 1.807) is 0 Å². The third-order valence-electron chi connectivity index (χ3n) is 3.47. The third-order valence-corrected chi connectivity index (χ3v) is 3.47. The second-order valence-corrected chi connectivity index (χ2v) is 5.04. The first-order valence-electron chi connectivity index (χ1n) is 6.88. The number of carbonyl (C=O) groups excluding carboxylic acids is 1. The van der Waals surface area contributed by atoms with Crippen LogP contribution in [0.4, 0.5) is 0 Å². The molecule has 0 radical (unpaired) electrons. The number of benzene rings is 2. The summed E-state index contributed by atoms with van der Waals surface area (Å²) in [4.78, 5) is 11.3. The standard InChI is InChI=1S/C18H16O3/c1-13-11-17(21-18(13)19)15-7-9-16(10-8-15)20-12-14-5-3-2-4-6-14/h2-10,17H,1,11-12H2. The fraction of sp³-hybridized carbons (Fsp3) is 0.167. The minimum atomic E-state index is -0.301. The van der Waals surface area contributed by atoms with Crippen molar-refractivity contribution < 1.29 is 14.3 Å². The molecule has 1 atom stereocenters. The third kappa shape index (κ3) is 3.14. The predicted molar refractivity (Wildman–Crippen MR) is 79.8 cm³/mol. The van der Waals surface area contributed by atoms with Gasteiger partial charge in [-0.3, -0.25) is 0 Å². The van der Waals surface area contributed by atoms with Gasteiger partial charge in [-0.2, -0.15) is 0 Å². The highest BCUT2D eigenvalue weighted by Crippen LogP contribution is 2.32. The Bertz CT molecular complexity index is 628. The van der Waals surface area contributed by atoms with E-state index in [9.17, 15) is 4.79 Å². The van der Waals surface area contributed by atoms with Gasteiger partial charge in [0.05, 0.1) is 0 Å². The molecule has 3 nitrogen and oxygen atoms in total. The van der Waals surface area contributed by atoms with Crippen LogP contribution in [0, 0.1) is 0 Å². The molecular formula is C18H16O3. The van der Waals surface area contributed by atoms with Crippen molar-refractivity contribution in [3.05, 3.63) is 77.9 Å². The van der Waals surface area contributed by atoms with E-state index in [0.717, 1.165) is 16.9 Å². The largest absolute Gasteiger partial charge is 0.489 e. The highest BCUT2D eigenvalue weighted by molar-refractivity contribution is 5.90. The molecule has 0 aromatic heterocycles. The summed E-state index contributed by atoms with van der Waals surface area (Å²) >= 11 is 0. The van der Waals surface area contributed by atoms with Crippen molar-refractivity contribution in [3.63, 3.8) is 0 Å². The maximum Gasteiger partial charge on any atom is 0.334 e. The van der Waals surface area contributed by atoms with Crippen LogP contribution in [0.2, 0.25) is 0 Å². The van der Waals surface area contributed by atoms with Crippen molar-refractivity contribution in [1.82, 2.24) is 0 Å². The lowest BCUT2D eigenvalue weighted by atomic mass is 10.1. The molecule has 0 aliphatic carbocycles. The van der Waals surface area contributed by atoms with Gasteiger partial charge in [-0.25, -0.2) is 4.79 Å². The maximum absolute atomic E-state index is 11.3. The fourth-order valence-electron chi connectivity index (χ4n) is 2.27. The summed E-state index contributed by atoms with van der Waals surface area (Å²) < 4.78 is 11.0. The van der Waals surface area contributed by atoms with Gasteiger partial charge in [-0.05, 0) is 23.3 Å². The number of rotatable bonds is 4. The van der Waals surface area contributed by atoms with E-state index in [2.05, 4.69) is 6.58 Å². The summed E-state index contributed by atoms with van der Waals surface area (Å²) in [6.45, 7) is 4.23. The average Bonchev–Trinajstić information content (AvgIpc) is 2.86. The van der Waals surface area contributed by atoms with Crippen LogP contribution in [0.5, 0.6) is 5.75 Å². The summed E-state index contributed by atoms with van der Waals surface area (Å²) in [5, 5.41) is 0. The van der Waals surface area contributed by atoms with Crippen molar-refractivity contribution in [1.29, 1.82) is 0 Å². The predicted octanol–water partition coefficient (Wildman–Crippen LogP) is 3.81. The normalized spacial score (nSPS) is 17.6. The molecule has 0 amide bonds. The van der Waals surface area contributed by atoms with E-state index in [1.807, 2.05) is 54.6 Å². The Morgan fingerprint density at radius 2 is 1.81 bits per heavy atom. The van der Waals surface area contributed by atoms with Gasteiger partial charge >= 0.3 is 5.97 Å². The van der Waals surface area contributed by atoms with Crippen LogP contribution in [0.1, 0.15) is 23.7 Å². The number of cyclic esters (lactones) is 1. The molecule has 1 heterocycles. The molecule has 0 saturated carbocycles. The highest BCUT2D eigenvalue weighted by Gasteiger charge is 2.28. The molecule has 1 fully saturated rings. The lowest BCUT2D eigenvalue weighted by molar-refractivity contribution is -0.139. The Morgan fingerprint density at radius 3 is 2.43 bits per heavy atom. The maximum atomic E-state index is 11.3. The summed E-state index contributed by atoms with van der Waals surface area (Å²) in [5.74, 6) is 0.496. The zero-order chi connectivity index (χ0) is 14.7. The smallest absolute Gasteiger partial charge is 0.334 e. The van der Waals surface area contributed by atoms with E-state index in [4.69, 9.17) is 9.47 Å². The van der Waals surface area contributed by atoms with Gasteiger partial charge in [0.2, 0.25) is 0 Å². The van der Waals surface area contributed by atoms with E-state index in [-0.39, 0.29) is 12.1 Å². The molecule has 3 heteroatoms. The van der Waals surface area contributed by atoms with Crippen molar-refractivity contribution in [2.75, 3.05) is 0 Å². The van der Waals surface area contributed by atoms with Crippen LogP contribution in [0.3, 0.4) is 0 Å². The Hall–Kier alpha value is -2.55. The van der Waals surface area contributed by atoms with Gasteiger partial charge in [0.25, 0.3) is 0 Å². The molecular weight excluding hydrogens is 264 g/mol. The van der Waals surface area contributed by atoms with Crippen LogP contribution in [-0.4, -0.2) is 5.97 Å². The van der Waals surface area contributed by atoms with Gasteiger partial charge < -0.3 is 9.47 Å². The van der Waals surface area contributed by atoms with E-state index >= 15 is 0 Å². The number of hydrogen-bond donors (Lipinski definition) is 0. The van der Waals surface area contributed by atoms with E-state index in [1.165, 1.54) is 0 Å². The second-order valence-electron chi connectivity index (χ2n) is 5.04. The molecule has 21 heavy (non-hydrogen) atoms. The summed E-state index contributed by atoms with van der Waals surface area (Å²) in [5.41, 5.74) is 2.63. The number of carbonyl (C=O) groups is 1. The molecule has 0 N–H and O–H groups in total. The Balaban J connectivity index is 1.62. The SMILES string of the molecule is C=C1CC(c2ccc(OCc3ccccc3)cc2)OC1=O. The quantitative estimate of drug-likeness (QED) is 0.631. The summed E-state index contributed by atoms with van der Waals surface area (Å²) in [6, 6.07) is 17.7. The van der Waals surface area contributed by atoms with Crippen LogP contribution in [-0.2, 0) is 16.1 Å². The lowest BCUT2D eigenvalue weighted by Gasteiger charge is -2.10. The monoisotopic (exact) mass is 280 g/mol. The highest BCUT2D eigenvalue weighted by atomic mass is 16.5. The first-order valence-corrected chi connectivity index (χ1v) is 6.88. The van der Waals surface area contributed by atoms with Crippen LogP contribution in [0.15, 0.2) is 66.7 Å². The summed E-state index contributed by atoms with van der Waals surface area (Å²) in [6.07, 6.45) is 0.344. The molecule has 106 valence electrons. The van der Waals surface area contributed by atoms with Crippen molar-refractivity contribution in [3.8, 4) is 5.75 Å². The molecule has 0 bridgehead atoms. The van der Waals surface area contributed by atoms with Crippen molar-refractivity contribution in [2.45, 2.75) is 19.1 Å². The summed E-state index contributed by atoms with van der Waals surface area (Å²) in [7, 11) is 0. The van der Waals surface area contributed by atoms with Crippen LogP contribution in [0.25, 0.3) is 0 Å². The Morgan fingerprint density at radius 1 is 1.10 bits per heavy atom. The fourth-order valence-corrected chi connectivity index (χ4v) is 2.27. The Kier molecular flexibility index (Phi) is 3.73. The average molecular weight is 280 g/mol. The Labute approximate surface area is 123 Å². The number of esters is 1. The van der Waals surface area contributed by atoms with Gasteiger partial charge in [0.15, 0.2) is 0 Å². The van der Waals surface area contributed by atoms with Gasteiger partial charge in [-0.15, -0.1) is 0 Å². The van der Waals surface area contributed by atoms with Crippen LogP contribution < -0.4 is 4.74 Å². The number of ether oxygens (including phenoxy) is 2. The molecule has 1 aliphatic heterocycles. The second kappa shape index (κ2) is 5.83. The molecule has 3 rings (SSSR count). The van der Waals surface area contributed by atoms with Gasteiger partial charge in [0, 0.05) is 12.0 Å². The van der Waals surface area contributed by atoms with Crippen LogP contribution >= 0.6 is 0 Å². The molecule has 1 saturated heterocycles. The van der Waals surface area contributed by atoms with E-state index in [0.29, 0.717) is 18.6 Å². The topological polar surface area (TPSA) is 35.5 Å². The lowest BCUT2D eigenvalue weighted by Crippen LogP contribution is -1.99. The molecule has 0 spiro atoms.